The Hall–Kier alpha value is -7.62. The molecular weight excluding hydrogens is 691 g/mol. The predicted molar refractivity (Wildman–Crippen MR) is 241 cm³/mol. The fourth-order valence-corrected chi connectivity index (χ4v) is 8.61. The van der Waals surface area contributed by atoms with Gasteiger partial charge in [-0.1, -0.05) is 152 Å². The molecule has 0 saturated carbocycles. The number of fused-ring (bicyclic) bond motifs is 6. The lowest BCUT2D eigenvalue weighted by atomic mass is 10.0. The highest BCUT2D eigenvalue weighted by Crippen LogP contribution is 2.41. The Bertz CT molecular complexity index is 3190. The maximum Gasteiger partial charge on any atom is 0.0788 e. The van der Waals surface area contributed by atoms with Crippen LogP contribution in [0.3, 0.4) is 0 Å². The number of benzene rings is 9. The normalized spacial score (nSPS) is 11.5. The Kier molecular flexibility index (Phi) is 7.82. The summed E-state index contributed by atoms with van der Waals surface area (Å²) in [5, 5.41) is 6.15. The molecule has 2 aromatic heterocycles. The minimum Gasteiger partial charge on any atom is -0.315 e. The Morgan fingerprint density at radius 3 is 1.58 bits per heavy atom. The van der Waals surface area contributed by atoms with Gasteiger partial charge in [-0.15, -0.1) is 0 Å². The zero-order valence-corrected chi connectivity index (χ0v) is 31.2. The first-order chi connectivity index (χ1) is 28.3. The second-order valence-corrected chi connectivity index (χ2v) is 14.6. The van der Waals surface area contributed by atoms with Gasteiger partial charge in [0.25, 0.3) is 0 Å². The second kappa shape index (κ2) is 13.6. The predicted octanol–water partition coefficient (Wildman–Crippen LogP) is 14.7. The van der Waals surface area contributed by atoms with Crippen LogP contribution in [0.15, 0.2) is 225 Å². The van der Waals surface area contributed by atoms with Crippen LogP contribution in [0.25, 0.3) is 77.1 Å². The van der Waals surface area contributed by atoms with E-state index in [1.54, 1.807) is 0 Å². The van der Waals surface area contributed by atoms with Crippen LogP contribution in [-0.4, -0.2) is 9.13 Å². The number of hydrogen-bond donors (Lipinski definition) is 0. The molecule has 0 bridgehead atoms. The Labute approximate surface area is 331 Å². The van der Waals surface area contributed by atoms with Gasteiger partial charge < -0.3 is 14.0 Å². The van der Waals surface area contributed by atoms with Gasteiger partial charge in [-0.05, 0) is 94.4 Å². The minimum absolute atomic E-state index is 1.11. The molecule has 0 aliphatic rings. The lowest BCUT2D eigenvalue weighted by Crippen LogP contribution is -2.10. The molecule has 3 nitrogen and oxygen atoms in total. The highest BCUT2D eigenvalue weighted by molar-refractivity contribution is 6.18. The molecule has 0 radical (unpaired) electrons. The molecule has 3 heteroatoms. The SMILES string of the molecule is c1ccc(-c2ccc(N(c3ccc(-c4ccc(-n5c6ccccc6c6ccc7ccn(-c8ccccc8)c7c65)cc4)cc3)c3cccc4ccccc34)cc2)cc1. The maximum atomic E-state index is 2.43. The van der Waals surface area contributed by atoms with E-state index in [2.05, 4.69) is 239 Å². The van der Waals surface area contributed by atoms with Crippen molar-refractivity contribution in [2.45, 2.75) is 0 Å². The molecule has 0 unspecified atom stereocenters. The molecule has 0 N–H and O–H groups in total. The van der Waals surface area contributed by atoms with Crippen LogP contribution < -0.4 is 4.90 Å². The summed E-state index contributed by atoms with van der Waals surface area (Å²) in [7, 11) is 0. The third kappa shape index (κ3) is 5.60. The van der Waals surface area contributed by atoms with Crippen LogP contribution in [-0.2, 0) is 0 Å². The quantitative estimate of drug-likeness (QED) is 0.159. The topological polar surface area (TPSA) is 13.1 Å². The molecule has 0 amide bonds. The van der Waals surface area contributed by atoms with Gasteiger partial charge in [0.2, 0.25) is 0 Å². The fraction of sp³-hybridized carbons (Fsp3) is 0. The number of rotatable bonds is 7. The van der Waals surface area contributed by atoms with Crippen LogP contribution in [0.1, 0.15) is 0 Å². The molecule has 0 atom stereocenters. The molecule has 2 heterocycles. The van der Waals surface area contributed by atoms with Crippen molar-refractivity contribution in [2.24, 2.45) is 0 Å². The molecule has 11 aromatic rings. The van der Waals surface area contributed by atoms with Gasteiger partial charge in [0, 0.05) is 50.5 Å². The largest absolute Gasteiger partial charge is 0.315 e. The summed E-state index contributed by atoms with van der Waals surface area (Å²) in [6.07, 6.45) is 2.19. The van der Waals surface area contributed by atoms with Gasteiger partial charge in [0.05, 0.1) is 22.2 Å². The van der Waals surface area contributed by atoms with E-state index >= 15 is 0 Å². The van der Waals surface area contributed by atoms with Crippen LogP contribution in [0.4, 0.5) is 17.1 Å². The highest BCUT2D eigenvalue weighted by atomic mass is 15.1. The summed E-state index contributed by atoms with van der Waals surface area (Å²) >= 11 is 0. The van der Waals surface area contributed by atoms with Crippen LogP contribution in [0.2, 0.25) is 0 Å². The average Bonchev–Trinajstić information content (AvgIpc) is 3.88. The lowest BCUT2D eigenvalue weighted by molar-refractivity contribution is 1.12. The van der Waals surface area contributed by atoms with Crippen LogP contribution in [0.5, 0.6) is 0 Å². The van der Waals surface area contributed by atoms with Gasteiger partial charge in [-0.2, -0.15) is 0 Å². The van der Waals surface area contributed by atoms with E-state index in [-0.39, 0.29) is 0 Å². The molecule has 11 rings (SSSR count). The molecule has 0 fully saturated rings. The summed E-state index contributed by atoms with van der Waals surface area (Å²) in [5.74, 6) is 0. The van der Waals surface area contributed by atoms with Crippen molar-refractivity contribution >= 4 is 60.5 Å². The first kappa shape index (κ1) is 32.8. The van der Waals surface area contributed by atoms with Crippen molar-refractivity contribution in [3.05, 3.63) is 225 Å². The standard InChI is InChI=1S/C54H37N3/c1-3-12-38(13-4-1)39-22-29-45(30-23-39)56(51-21-11-15-42-14-7-8-18-48(42)51)46-31-24-40(25-32-46)41-26-33-47(34-27-41)57-52-20-10-9-19-49(52)50-35-28-43-36-37-55(53(43)54(50)57)44-16-5-2-6-17-44/h1-37H. The lowest BCUT2D eigenvalue weighted by Gasteiger charge is -2.27. The van der Waals surface area contributed by atoms with E-state index in [0.717, 1.165) is 28.4 Å². The summed E-state index contributed by atoms with van der Waals surface area (Å²) in [5.41, 5.74) is 14.0. The number of aromatic nitrogens is 2. The van der Waals surface area contributed by atoms with Gasteiger partial charge in [0.15, 0.2) is 0 Å². The maximum absolute atomic E-state index is 2.43. The van der Waals surface area contributed by atoms with E-state index in [1.807, 2.05) is 0 Å². The first-order valence-electron chi connectivity index (χ1n) is 19.5. The monoisotopic (exact) mass is 727 g/mol. The summed E-state index contributed by atoms with van der Waals surface area (Å²) < 4.78 is 4.76. The van der Waals surface area contributed by atoms with Crippen molar-refractivity contribution in [1.29, 1.82) is 0 Å². The fourth-order valence-electron chi connectivity index (χ4n) is 8.61. The summed E-state index contributed by atoms with van der Waals surface area (Å²) in [4.78, 5) is 2.37. The zero-order chi connectivity index (χ0) is 37.7. The van der Waals surface area contributed by atoms with Crippen molar-refractivity contribution < 1.29 is 0 Å². The Morgan fingerprint density at radius 2 is 0.877 bits per heavy atom. The smallest absolute Gasteiger partial charge is 0.0788 e. The van der Waals surface area contributed by atoms with Gasteiger partial charge in [-0.25, -0.2) is 0 Å². The molecular formula is C54H37N3. The van der Waals surface area contributed by atoms with Crippen molar-refractivity contribution in [3.8, 4) is 33.6 Å². The van der Waals surface area contributed by atoms with Gasteiger partial charge in [0.1, 0.15) is 0 Å². The average molecular weight is 728 g/mol. The third-order valence-electron chi connectivity index (χ3n) is 11.3. The molecule has 0 aliphatic carbocycles. The summed E-state index contributed by atoms with van der Waals surface area (Å²) in [6, 6.07) is 78.8. The number of para-hydroxylation sites is 2. The molecule has 0 saturated heterocycles. The van der Waals surface area contributed by atoms with E-state index < -0.39 is 0 Å². The Morgan fingerprint density at radius 1 is 0.316 bits per heavy atom. The molecule has 0 spiro atoms. The van der Waals surface area contributed by atoms with Crippen molar-refractivity contribution in [2.75, 3.05) is 4.90 Å². The minimum atomic E-state index is 1.11. The van der Waals surface area contributed by atoms with Gasteiger partial charge in [-0.3, -0.25) is 0 Å². The Balaban J connectivity index is 0.990. The van der Waals surface area contributed by atoms with Gasteiger partial charge >= 0.3 is 0 Å². The highest BCUT2D eigenvalue weighted by Gasteiger charge is 2.19. The van der Waals surface area contributed by atoms with Crippen molar-refractivity contribution in [1.82, 2.24) is 9.13 Å². The number of anilines is 3. The number of hydrogen-bond acceptors (Lipinski definition) is 1. The van der Waals surface area contributed by atoms with E-state index in [9.17, 15) is 0 Å². The summed E-state index contributed by atoms with van der Waals surface area (Å²) in [6.45, 7) is 0. The third-order valence-corrected chi connectivity index (χ3v) is 11.3. The first-order valence-corrected chi connectivity index (χ1v) is 19.5. The molecule has 268 valence electrons. The van der Waals surface area contributed by atoms with E-state index in [0.29, 0.717) is 0 Å². The second-order valence-electron chi connectivity index (χ2n) is 14.6. The molecule has 57 heavy (non-hydrogen) atoms. The molecule has 0 aliphatic heterocycles. The van der Waals surface area contributed by atoms with Crippen molar-refractivity contribution in [3.63, 3.8) is 0 Å². The van der Waals surface area contributed by atoms with E-state index in [4.69, 9.17) is 0 Å². The van der Waals surface area contributed by atoms with Crippen LogP contribution >= 0.6 is 0 Å². The molecule has 9 aromatic carbocycles. The zero-order valence-electron chi connectivity index (χ0n) is 31.2. The van der Waals surface area contributed by atoms with E-state index in [1.165, 1.54) is 65.7 Å². The number of nitrogens with zero attached hydrogens (tertiary/aromatic N) is 3. The van der Waals surface area contributed by atoms with Crippen LogP contribution in [0, 0.1) is 0 Å².